The maximum atomic E-state index is 4.97. The molecule has 0 amide bonds. The van der Waals surface area contributed by atoms with Crippen LogP contribution in [0.1, 0.15) is 43.5 Å². The lowest BCUT2D eigenvalue weighted by Gasteiger charge is -2.15. The van der Waals surface area contributed by atoms with Crippen molar-refractivity contribution in [2.45, 2.75) is 40.0 Å². The molecule has 0 aliphatic heterocycles. The van der Waals surface area contributed by atoms with Crippen LogP contribution in [0.2, 0.25) is 0 Å². The molecule has 120 valence electrons. The zero-order valence-corrected chi connectivity index (χ0v) is 15.4. The third-order valence-corrected chi connectivity index (χ3v) is 3.53. The lowest BCUT2D eigenvalue weighted by molar-refractivity contribution is 0.268. The van der Waals surface area contributed by atoms with Gasteiger partial charge in [0, 0.05) is 28.5 Å². The molecular formula is C17H24BrN3O. The number of aryl methyl sites for hydroxylation is 1. The zero-order chi connectivity index (χ0) is 16.5. The average molecular weight is 366 g/mol. The van der Waals surface area contributed by atoms with Crippen molar-refractivity contribution >= 4 is 21.7 Å². The topological polar surface area (TPSA) is 47.0 Å². The molecule has 22 heavy (non-hydrogen) atoms. The van der Waals surface area contributed by atoms with Crippen LogP contribution in [0.15, 0.2) is 35.1 Å². The summed E-state index contributed by atoms with van der Waals surface area (Å²) in [5, 5.41) is 0. The molecule has 0 aromatic carbocycles. The summed E-state index contributed by atoms with van der Waals surface area (Å²) in [6, 6.07) is 6.19. The van der Waals surface area contributed by atoms with E-state index in [1.807, 2.05) is 26.1 Å². The van der Waals surface area contributed by atoms with Gasteiger partial charge in [-0.25, -0.2) is 10.5 Å². The summed E-state index contributed by atoms with van der Waals surface area (Å²) in [5.74, 6) is 1.05. The first-order chi connectivity index (χ1) is 10.6. The maximum absolute atomic E-state index is 4.97. The Labute approximate surface area is 141 Å². The van der Waals surface area contributed by atoms with Gasteiger partial charge in [0.15, 0.2) is 5.82 Å². The third-order valence-electron chi connectivity index (χ3n) is 3.10. The fraction of sp³-hybridized carbons (Fsp3) is 0.412. The van der Waals surface area contributed by atoms with Crippen molar-refractivity contribution in [3.8, 4) is 0 Å². The molecule has 0 aliphatic carbocycles. The Balaban J connectivity index is 0.00000116. The molecule has 5 heteroatoms. The smallest absolute Gasteiger partial charge is 0.152 e. The van der Waals surface area contributed by atoms with Gasteiger partial charge in [0.2, 0.25) is 0 Å². The molecule has 2 heterocycles. The lowest BCUT2D eigenvalue weighted by Crippen LogP contribution is -2.07. The molecule has 0 aliphatic rings. The van der Waals surface area contributed by atoms with Crippen molar-refractivity contribution < 1.29 is 4.84 Å². The summed E-state index contributed by atoms with van der Waals surface area (Å²) < 4.78 is 0.957. The molecule has 0 spiro atoms. The number of hydrogen-bond acceptors (Lipinski definition) is 4. The van der Waals surface area contributed by atoms with E-state index < -0.39 is 0 Å². The summed E-state index contributed by atoms with van der Waals surface area (Å²) >= 11 is 3.46. The fourth-order valence-electron chi connectivity index (χ4n) is 2.09. The second kappa shape index (κ2) is 9.54. The molecule has 2 aromatic rings. The van der Waals surface area contributed by atoms with Crippen molar-refractivity contribution in [1.82, 2.24) is 9.97 Å². The number of nitrogens with zero attached hydrogens (tertiary/aromatic N) is 2. The Kier molecular flexibility index (Phi) is 8.06. The predicted octanol–water partition coefficient (Wildman–Crippen LogP) is 4.89. The second-order valence-electron chi connectivity index (χ2n) is 4.83. The first-order valence-electron chi connectivity index (χ1n) is 7.46. The summed E-state index contributed by atoms with van der Waals surface area (Å²) in [6.07, 6.45) is 4.45. The third kappa shape index (κ3) is 5.39. The first kappa shape index (κ1) is 18.6. The first-order valence-corrected chi connectivity index (χ1v) is 8.25. The number of hydrogen-bond donors (Lipinski definition) is 1. The summed E-state index contributed by atoms with van der Waals surface area (Å²) in [6.45, 7) is 8.25. The molecule has 0 saturated carbocycles. The van der Waals surface area contributed by atoms with Crippen LogP contribution in [0.25, 0.3) is 0 Å². The van der Waals surface area contributed by atoms with E-state index in [0.717, 1.165) is 28.0 Å². The van der Waals surface area contributed by atoms with E-state index in [1.54, 1.807) is 13.3 Å². The molecule has 0 bridgehead atoms. The van der Waals surface area contributed by atoms with E-state index in [1.165, 1.54) is 5.56 Å². The Morgan fingerprint density at radius 2 is 2.00 bits per heavy atom. The molecule has 1 unspecified atom stereocenters. The van der Waals surface area contributed by atoms with Gasteiger partial charge in [0.25, 0.3) is 0 Å². The van der Waals surface area contributed by atoms with Crippen LogP contribution >= 0.6 is 15.9 Å². The summed E-state index contributed by atoms with van der Waals surface area (Å²) in [4.78, 5) is 13.8. The average Bonchev–Trinajstić information content (AvgIpc) is 2.52. The molecular weight excluding hydrogens is 342 g/mol. The van der Waals surface area contributed by atoms with Gasteiger partial charge in [0.1, 0.15) is 0 Å². The van der Waals surface area contributed by atoms with Gasteiger partial charge in [-0.2, -0.15) is 0 Å². The summed E-state index contributed by atoms with van der Waals surface area (Å²) in [7, 11) is 1.58. The van der Waals surface area contributed by atoms with Gasteiger partial charge in [-0.05, 0) is 58.6 Å². The number of anilines is 1. The minimum Gasteiger partial charge on any atom is -0.278 e. The van der Waals surface area contributed by atoms with E-state index in [9.17, 15) is 0 Å². The van der Waals surface area contributed by atoms with Crippen molar-refractivity contribution in [3.63, 3.8) is 0 Å². The number of halogens is 1. The normalized spacial score (nSPS) is 11.4. The van der Waals surface area contributed by atoms with Gasteiger partial charge in [-0.3, -0.25) is 9.82 Å². The van der Waals surface area contributed by atoms with Crippen molar-refractivity contribution in [1.29, 1.82) is 0 Å². The van der Waals surface area contributed by atoms with Gasteiger partial charge in [0.05, 0.1) is 7.11 Å². The van der Waals surface area contributed by atoms with Crippen LogP contribution < -0.4 is 5.48 Å². The van der Waals surface area contributed by atoms with Crippen LogP contribution in [0.5, 0.6) is 0 Å². The van der Waals surface area contributed by atoms with Crippen LogP contribution in [-0.4, -0.2) is 17.1 Å². The van der Waals surface area contributed by atoms with Crippen molar-refractivity contribution in [2.24, 2.45) is 0 Å². The maximum Gasteiger partial charge on any atom is 0.152 e. The molecule has 2 aromatic heterocycles. The highest BCUT2D eigenvalue weighted by molar-refractivity contribution is 9.10. The van der Waals surface area contributed by atoms with E-state index in [-0.39, 0.29) is 0 Å². The van der Waals surface area contributed by atoms with Crippen molar-refractivity contribution in [2.75, 3.05) is 12.6 Å². The zero-order valence-electron chi connectivity index (χ0n) is 13.9. The molecule has 0 fully saturated rings. The number of pyridine rings is 2. The van der Waals surface area contributed by atoms with Crippen LogP contribution in [-0.2, 0) is 11.3 Å². The highest BCUT2D eigenvalue weighted by Crippen LogP contribution is 2.25. The standard InChI is InChI=1S/C15H18BrN3O.C2H6/c1-10-4-5-17-14(6-10)11(2)7-12-8-13(16)9-18-15(12)19-20-3;1-2/h4-6,8-9,11H,7H2,1-3H3,(H,18,19);1-2H3. The summed E-state index contributed by atoms with van der Waals surface area (Å²) in [5.41, 5.74) is 6.23. The lowest BCUT2D eigenvalue weighted by atomic mass is 9.97. The molecule has 1 N–H and O–H groups in total. The SMILES string of the molecule is CC.CONc1ncc(Br)cc1CC(C)c1cc(C)ccn1. The Morgan fingerprint density at radius 3 is 2.64 bits per heavy atom. The second-order valence-corrected chi connectivity index (χ2v) is 5.75. The van der Waals surface area contributed by atoms with Crippen LogP contribution in [0.4, 0.5) is 5.82 Å². The van der Waals surface area contributed by atoms with Crippen molar-refractivity contribution in [3.05, 3.63) is 51.9 Å². The Hall–Kier alpha value is -1.46. The van der Waals surface area contributed by atoms with E-state index in [2.05, 4.69) is 57.4 Å². The number of aromatic nitrogens is 2. The fourth-order valence-corrected chi connectivity index (χ4v) is 2.47. The Morgan fingerprint density at radius 1 is 1.27 bits per heavy atom. The van der Waals surface area contributed by atoms with E-state index in [0.29, 0.717) is 5.92 Å². The van der Waals surface area contributed by atoms with Crippen LogP contribution in [0.3, 0.4) is 0 Å². The molecule has 0 radical (unpaired) electrons. The quantitative estimate of drug-likeness (QED) is 0.765. The van der Waals surface area contributed by atoms with E-state index in [4.69, 9.17) is 4.84 Å². The van der Waals surface area contributed by atoms with Gasteiger partial charge in [-0.1, -0.05) is 20.8 Å². The molecule has 2 rings (SSSR count). The molecule has 4 nitrogen and oxygen atoms in total. The predicted molar refractivity (Wildman–Crippen MR) is 95.0 cm³/mol. The molecule has 0 saturated heterocycles. The highest BCUT2D eigenvalue weighted by atomic mass is 79.9. The van der Waals surface area contributed by atoms with Gasteiger partial charge < -0.3 is 0 Å². The highest BCUT2D eigenvalue weighted by Gasteiger charge is 2.12. The Bertz CT molecular complexity index is 590. The minimum absolute atomic E-state index is 0.309. The monoisotopic (exact) mass is 365 g/mol. The van der Waals surface area contributed by atoms with Gasteiger partial charge in [-0.15, -0.1) is 0 Å². The van der Waals surface area contributed by atoms with Crippen LogP contribution in [0, 0.1) is 6.92 Å². The van der Waals surface area contributed by atoms with Gasteiger partial charge >= 0.3 is 0 Å². The molecule has 1 atom stereocenters. The number of rotatable bonds is 5. The van der Waals surface area contributed by atoms with E-state index >= 15 is 0 Å². The number of nitrogens with one attached hydrogen (secondary N) is 1. The largest absolute Gasteiger partial charge is 0.278 e. The minimum atomic E-state index is 0.309.